The van der Waals surface area contributed by atoms with Crippen LogP contribution in [0.5, 0.6) is 0 Å². The van der Waals surface area contributed by atoms with Gasteiger partial charge >= 0.3 is 0 Å². The molecule has 0 saturated carbocycles. The maximum Gasteiger partial charge on any atom is 0.113 e. The number of nitrogens with zero attached hydrogens (tertiary/aromatic N) is 1. The van der Waals surface area contributed by atoms with E-state index in [2.05, 4.69) is 12.1 Å². The summed E-state index contributed by atoms with van der Waals surface area (Å²) in [6.07, 6.45) is 0.751. The molecule has 0 radical (unpaired) electrons. The molecule has 2 unspecified atom stereocenters. The van der Waals surface area contributed by atoms with Gasteiger partial charge in [0.15, 0.2) is 0 Å². The summed E-state index contributed by atoms with van der Waals surface area (Å²) in [4.78, 5) is 0. The van der Waals surface area contributed by atoms with Crippen LogP contribution in [0.2, 0.25) is 0 Å². The van der Waals surface area contributed by atoms with Gasteiger partial charge in [-0.3, -0.25) is 0 Å². The van der Waals surface area contributed by atoms with Crippen molar-refractivity contribution in [2.45, 2.75) is 31.3 Å². The third-order valence-electron chi connectivity index (χ3n) is 4.35. The van der Waals surface area contributed by atoms with Gasteiger partial charge in [0.2, 0.25) is 0 Å². The van der Waals surface area contributed by atoms with Crippen molar-refractivity contribution in [3.8, 4) is 6.07 Å². The summed E-state index contributed by atoms with van der Waals surface area (Å²) in [6, 6.07) is 18.1. The average molecular weight is 263 g/mol. The van der Waals surface area contributed by atoms with Gasteiger partial charge in [0.25, 0.3) is 0 Å². The molecule has 0 saturated heterocycles. The number of benzene rings is 2. The van der Waals surface area contributed by atoms with E-state index in [1.807, 2.05) is 49.4 Å². The minimum atomic E-state index is -0.814. The van der Waals surface area contributed by atoms with Crippen LogP contribution in [-0.2, 0) is 11.8 Å². The summed E-state index contributed by atoms with van der Waals surface area (Å²) in [5.74, 6) is 0. The van der Waals surface area contributed by atoms with Gasteiger partial charge in [-0.05, 0) is 36.5 Å². The second-order valence-corrected chi connectivity index (χ2v) is 5.55. The Labute approximate surface area is 119 Å². The lowest BCUT2D eigenvalue weighted by atomic mass is 9.75. The van der Waals surface area contributed by atoms with Crippen molar-refractivity contribution in [1.29, 1.82) is 5.26 Å². The maximum absolute atomic E-state index is 10.8. The van der Waals surface area contributed by atoms with E-state index in [0.29, 0.717) is 6.42 Å². The second kappa shape index (κ2) is 4.77. The van der Waals surface area contributed by atoms with Crippen LogP contribution in [0.15, 0.2) is 48.5 Å². The molecule has 100 valence electrons. The van der Waals surface area contributed by atoms with Gasteiger partial charge in [0, 0.05) is 0 Å². The minimum Gasteiger partial charge on any atom is -0.386 e. The number of aliphatic hydroxyl groups is 1. The Kier molecular flexibility index (Phi) is 3.08. The van der Waals surface area contributed by atoms with Crippen LogP contribution in [0.25, 0.3) is 0 Å². The fourth-order valence-electron chi connectivity index (χ4n) is 3.13. The Hall–Kier alpha value is -2.11. The summed E-state index contributed by atoms with van der Waals surface area (Å²) < 4.78 is 0. The minimum absolute atomic E-state index is 0.678. The number of nitriles is 1. The molecular weight excluding hydrogens is 246 g/mol. The van der Waals surface area contributed by atoms with E-state index >= 15 is 0 Å². The lowest BCUT2D eigenvalue weighted by Gasteiger charge is -2.28. The molecule has 0 amide bonds. The first-order valence-corrected chi connectivity index (χ1v) is 6.91. The molecule has 1 N–H and O–H groups in total. The number of aliphatic hydroxyl groups excluding tert-OH is 1. The maximum atomic E-state index is 10.8. The van der Waals surface area contributed by atoms with E-state index in [0.717, 1.165) is 23.1 Å². The van der Waals surface area contributed by atoms with Gasteiger partial charge in [-0.2, -0.15) is 5.26 Å². The van der Waals surface area contributed by atoms with E-state index in [1.54, 1.807) is 0 Å². The Morgan fingerprint density at radius 2 is 1.85 bits per heavy atom. The molecule has 2 aromatic rings. The molecule has 20 heavy (non-hydrogen) atoms. The van der Waals surface area contributed by atoms with E-state index in [4.69, 9.17) is 0 Å². The number of hydrogen-bond donors (Lipinski definition) is 1. The van der Waals surface area contributed by atoms with Gasteiger partial charge in [0.05, 0.1) is 6.07 Å². The molecule has 1 aliphatic rings. The number of hydrogen-bond acceptors (Lipinski definition) is 2. The summed E-state index contributed by atoms with van der Waals surface area (Å²) >= 11 is 0. The van der Waals surface area contributed by atoms with Crippen LogP contribution < -0.4 is 0 Å². The molecule has 0 spiro atoms. The molecule has 3 rings (SSSR count). The molecular formula is C18H17NO. The molecule has 0 fully saturated rings. The number of fused-ring (bicyclic) bond motifs is 1. The van der Waals surface area contributed by atoms with Crippen LogP contribution in [0.1, 0.15) is 34.8 Å². The average Bonchev–Trinajstić information content (AvgIpc) is 2.87. The third kappa shape index (κ3) is 1.83. The van der Waals surface area contributed by atoms with Crippen LogP contribution in [0, 0.1) is 18.3 Å². The predicted octanol–water partition coefficient (Wildman–Crippen LogP) is 3.44. The Morgan fingerprint density at radius 1 is 1.15 bits per heavy atom. The highest BCUT2D eigenvalue weighted by atomic mass is 16.3. The number of rotatable bonds is 2. The zero-order chi connectivity index (χ0) is 14.2. The van der Waals surface area contributed by atoms with Crippen molar-refractivity contribution < 1.29 is 5.11 Å². The van der Waals surface area contributed by atoms with E-state index in [-0.39, 0.29) is 0 Å². The van der Waals surface area contributed by atoms with Crippen molar-refractivity contribution in [2.75, 3.05) is 0 Å². The second-order valence-electron chi connectivity index (χ2n) is 5.55. The molecule has 2 nitrogen and oxygen atoms in total. The summed E-state index contributed by atoms with van der Waals surface area (Å²) in [6.45, 7) is 2.01. The highest BCUT2D eigenvalue weighted by Crippen LogP contribution is 2.46. The van der Waals surface area contributed by atoms with E-state index < -0.39 is 11.5 Å². The molecule has 0 heterocycles. The monoisotopic (exact) mass is 263 g/mol. The Balaban J connectivity index is 2.07. The molecule has 1 aliphatic carbocycles. The van der Waals surface area contributed by atoms with Gasteiger partial charge in [-0.15, -0.1) is 0 Å². The van der Waals surface area contributed by atoms with Gasteiger partial charge in [-0.25, -0.2) is 0 Å². The smallest absolute Gasteiger partial charge is 0.113 e. The van der Waals surface area contributed by atoms with Gasteiger partial charge < -0.3 is 5.11 Å². The van der Waals surface area contributed by atoms with Crippen molar-refractivity contribution in [2.24, 2.45) is 0 Å². The zero-order valence-corrected chi connectivity index (χ0v) is 11.5. The Morgan fingerprint density at radius 3 is 2.55 bits per heavy atom. The lowest BCUT2D eigenvalue weighted by molar-refractivity contribution is 0.111. The van der Waals surface area contributed by atoms with Crippen molar-refractivity contribution in [3.63, 3.8) is 0 Å². The molecule has 0 aromatic heterocycles. The quantitative estimate of drug-likeness (QED) is 0.902. The fraction of sp³-hybridized carbons (Fsp3) is 0.278. The summed E-state index contributed by atoms with van der Waals surface area (Å²) in [5.41, 5.74) is 3.31. The standard InChI is InChI=1S/C18H17NO/c1-13-6-8-15(9-7-13)17(20)18(12-19)11-10-14-4-2-3-5-16(14)18/h2-9,17,20H,10-11H2,1H3. The SMILES string of the molecule is Cc1ccc(C(O)C2(C#N)CCc3ccccc32)cc1. The first-order valence-electron chi connectivity index (χ1n) is 6.91. The molecule has 0 aliphatic heterocycles. The van der Waals surface area contributed by atoms with Crippen LogP contribution in [-0.4, -0.2) is 5.11 Å². The highest BCUT2D eigenvalue weighted by molar-refractivity contribution is 5.47. The summed E-state index contributed by atoms with van der Waals surface area (Å²) in [5, 5.41) is 20.5. The normalized spacial score (nSPS) is 22.1. The third-order valence-corrected chi connectivity index (χ3v) is 4.35. The first-order chi connectivity index (χ1) is 9.67. The molecule has 2 aromatic carbocycles. The first kappa shape index (κ1) is 12.9. The van der Waals surface area contributed by atoms with E-state index in [1.165, 1.54) is 5.56 Å². The van der Waals surface area contributed by atoms with Crippen molar-refractivity contribution in [3.05, 3.63) is 70.8 Å². The molecule has 0 bridgehead atoms. The van der Waals surface area contributed by atoms with Crippen molar-refractivity contribution in [1.82, 2.24) is 0 Å². The largest absolute Gasteiger partial charge is 0.386 e. The van der Waals surface area contributed by atoms with Crippen molar-refractivity contribution >= 4 is 0 Å². The molecule has 2 heteroatoms. The fourth-order valence-corrected chi connectivity index (χ4v) is 3.13. The van der Waals surface area contributed by atoms with Gasteiger partial charge in [0.1, 0.15) is 11.5 Å². The Bertz CT molecular complexity index is 669. The van der Waals surface area contributed by atoms with Gasteiger partial charge in [-0.1, -0.05) is 54.1 Å². The van der Waals surface area contributed by atoms with Crippen LogP contribution in [0.3, 0.4) is 0 Å². The zero-order valence-electron chi connectivity index (χ0n) is 11.5. The highest BCUT2D eigenvalue weighted by Gasteiger charge is 2.45. The lowest BCUT2D eigenvalue weighted by Crippen LogP contribution is -2.29. The summed E-state index contributed by atoms with van der Waals surface area (Å²) in [7, 11) is 0. The number of aryl methyl sites for hydroxylation is 2. The predicted molar refractivity (Wildman–Crippen MR) is 78.2 cm³/mol. The van der Waals surface area contributed by atoms with Crippen LogP contribution >= 0.6 is 0 Å². The van der Waals surface area contributed by atoms with E-state index in [9.17, 15) is 10.4 Å². The molecule has 2 atom stereocenters. The van der Waals surface area contributed by atoms with Crippen LogP contribution in [0.4, 0.5) is 0 Å². The topological polar surface area (TPSA) is 44.0 Å².